The zero-order valence-corrected chi connectivity index (χ0v) is 9.52. The van der Waals surface area contributed by atoms with Gasteiger partial charge in [-0.15, -0.1) is 0 Å². The minimum atomic E-state index is -1.47. The number of rotatable bonds is 5. The van der Waals surface area contributed by atoms with Crippen LogP contribution in [0.25, 0.3) is 0 Å². The van der Waals surface area contributed by atoms with Gasteiger partial charge in [-0.3, -0.25) is 4.79 Å². The monoisotopic (exact) mass is 258 g/mol. The van der Waals surface area contributed by atoms with Gasteiger partial charge >= 0.3 is 5.97 Å². The van der Waals surface area contributed by atoms with Gasteiger partial charge in [0.05, 0.1) is 5.56 Å². The molecule has 0 aliphatic rings. The number of nitrogens with one attached hydrogen (secondary N) is 1. The van der Waals surface area contributed by atoms with Crippen LogP contribution in [0.5, 0.6) is 0 Å². The van der Waals surface area contributed by atoms with Gasteiger partial charge in [0.15, 0.2) is 6.10 Å². The molecule has 3 N–H and O–H groups in total. The third-order valence-electron chi connectivity index (χ3n) is 1.98. The fourth-order valence-electron chi connectivity index (χ4n) is 1.06. The van der Waals surface area contributed by atoms with E-state index in [2.05, 4.69) is 10.3 Å². The molecule has 0 saturated carbocycles. The predicted octanol–water partition coefficient (Wildman–Crippen LogP) is 0.300. The molecule has 0 spiro atoms. The largest absolute Gasteiger partial charge is 0.479 e. The van der Waals surface area contributed by atoms with Crippen LogP contribution >= 0.6 is 11.6 Å². The van der Waals surface area contributed by atoms with Crippen molar-refractivity contribution in [3.05, 3.63) is 29.0 Å². The van der Waals surface area contributed by atoms with Crippen molar-refractivity contribution >= 4 is 23.5 Å². The van der Waals surface area contributed by atoms with Crippen LogP contribution in [0, 0.1) is 0 Å². The van der Waals surface area contributed by atoms with Crippen molar-refractivity contribution in [2.75, 3.05) is 6.54 Å². The summed E-state index contributed by atoms with van der Waals surface area (Å²) in [6.07, 6.45) is -0.216. The normalized spacial score (nSPS) is 11.9. The number of halogens is 1. The number of pyridine rings is 1. The minimum Gasteiger partial charge on any atom is -0.479 e. The Hall–Kier alpha value is -1.66. The molecular weight excluding hydrogens is 248 g/mol. The highest BCUT2D eigenvalue weighted by Gasteiger charge is 2.13. The van der Waals surface area contributed by atoms with E-state index in [1.807, 2.05) is 0 Å². The first-order valence-corrected chi connectivity index (χ1v) is 5.19. The number of hydrogen-bond donors (Lipinski definition) is 3. The number of aliphatic hydroxyl groups excluding tert-OH is 1. The Labute approximate surface area is 102 Å². The molecule has 1 atom stereocenters. The van der Waals surface area contributed by atoms with Gasteiger partial charge in [0.25, 0.3) is 5.91 Å². The Bertz CT molecular complexity index is 407. The smallest absolute Gasteiger partial charge is 0.332 e. The van der Waals surface area contributed by atoms with E-state index in [1.54, 1.807) is 0 Å². The molecule has 0 bridgehead atoms. The van der Waals surface area contributed by atoms with Crippen LogP contribution in [0.1, 0.15) is 16.8 Å². The lowest BCUT2D eigenvalue weighted by Crippen LogP contribution is -2.30. The molecule has 1 rings (SSSR count). The van der Waals surface area contributed by atoms with Crippen LogP contribution < -0.4 is 5.32 Å². The molecule has 1 heterocycles. The molecule has 6 nitrogen and oxygen atoms in total. The average molecular weight is 259 g/mol. The topological polar surface area (TPSA) is 99.5 Å². The fraction of sp³-hybridized carbons (Fsp3) is 0.300. The first-order chi connectivity index (χ1) is 8.00. The highest BCUT2D eigenvalue weighted by molar-refractivity contribution is 6.29. The van der Waals surface area contributed by atoms with E-state index in [-0.39, 0.29) is 18.1 Å². The molecule has 1 aromatic rings. The summed E-state index contributed by atoms with van der Waals surface area (Å²) < 4.78 is 0. The molecule has 0 saturated heterocycles. The highest BCUT2D eigenvalue weighted by atomic mass is 35.5. The first-order valence-electron chi connectivity index (χ1n) is 4.81. The van der Waals surface area contributed by atoms with Gasteiger partial charge < -0.3 is 15.5 Å². The molecule has 0 aliphatic heterocycles. The highest BCUT2D eigenvalue weighted by Crippen LogP contribution is 2.04. The SMILES string of the molecule is O=C(NCC[C@H](O)C(=O)O)c1ccc(Cl)nc1. The summed E-state index contributed by atoms with van der Waals surface area (Å²) in [7, 11) is 0. The van der Waals surface area contributed by atoms with Crippen LogP contribution in [0.3, 0.4) is 0 Å². The average Bonchev–Trinajstić information content (AvgIpc) is 2.29. The standard InChI is InChI=1S/C10H11ClN2O4/c11-8-2-1-6(5-13-8)9(15)12-4-3-7(14)10(16)17/h1-2,5,7,14H,3-4H2,(H,12,15)(H,16,17)/t7-/m0/s1. The zero-order valence-electron chi connectivity index (χ0n) is 8.76. The molecule has 1 amide bonds. The number of nitrogens with zero attached hydrogens (tertiary/aromatic N) is 1. The van der Waals surface area contributed by atoms with Crippen molar-refractivity contribution in [2.45, 2.75) is 12.5 Å². The maximum Gasteiger partial charge on any atom is 0.332 e. The molecular formula is C10H11ClN2O4. The van der Waals surface area contributed by atoms with Gasteiger partial charge in [-0.25, -0.2) is 9.78 Å². The molecule has 0 aromatic carbocycles. The van der Waals surface area contributed by atoms with E-state index in [1.165, 1.54) is 18.3 Å². The summed E-state index contributed by atoms with van der Waals surface area (Å²) in [6.45, 7) is 0.0644. The van der Waals surface area contributed by atoms with Crippen LogP contribution in [0.15, 0.2) is 18.3 Å². The number of carbonyl (C=O) groups excluding carboxylic acids is 1. The number of hydrogen-bond acceptors (Lipinski definition) is 4. The fourth-order valence-corrected chi connectivity index (χ4v) is 1.17. The summed E-state index contributed by atoms with van der Waals surface area (Å²) in [5.41, 5.74) is 0.319. The molecule has 0 aliphatic carbocycles. The number of carbonyl (C=O) groups is 2. The molecule has 92 valence electrons. The number of carboxylic acid groups (broad SMARTS) is 1. The maximum absolute atomic E-state index is 11.5. The van der Waals surface area contributed by atoms with E-state index in [9.17, 15) is 9.59 Å². The Morgan fingerprint density at radius 3 is 2.71 bits per heavy atom. The summed E-state index contributed by atoms with van der Waals surface area (Å²) in [5, 5.41) is 20.1. The Morgan fingerprint density at radius 1 is 1.47 bits per heavy atom. The van der Waals surface area contributed by atoms with Crippen LogP contribution in [0.2, 0.25) is 5.15 Å². The number of aromatic nitrogens is 1. The molecule has 7 heteroatoms. The van der Waals surface area contributed by atoms with Crippen LogP contribution in [0.4, 0.5) is 0 Å². The Morgan fingerprint density at radius 2 is 2.18 bits per heavy atom. The van der Waals surface area contributed by atoms with Crippen molar-refractivity contribution in [3.63, 3.8) is 0 Å². The van der Waals surface area contributed by atoms with Crippen molar-refractivity contribution in [2.24, 2.45) is 0 Å². The van der Waals surface area contributed by atoms with Crippen LogP contribution in [-0.4, -0.2) is 39.7 Å². The number of aliphatic hydroxyl groups is 1. The lowest BCUT2D eigenvalue weighted by Gasteiger charge is -2.07. The number of aliphatic carboxylic acids is 1. The van der Waals surface area contributed by atoms with Gasteiger partial charge in [-0.1, -0.05) is 11.6 Å². The van der Waals surface area contributed by atoms with E-state index >= 15 is 0 Å². The minimum absolute atomic E-state index is 0.0535. The molecule has 17 heavy (non-hydrogen) atoms. The Balaban J connectivity index is 2.40. The van der Waals surface area contributed by atoms with Crippen LogP contribution in [-0.2, 0) is 4.79 Å². The summed E-state index contributed by atoms with van der Waals surface area (Å²) in [5.74, 6) is -1.71. The van der Waals surface area contributed by atoms with E-state index in [0.29, 0.717) is 5.56 Å². The van der Waals surface area contributed by atoms with Gasteiger partial charge in [0.2, 0.25) is 0 Å². The van der Waals surface area contributed by atoms with Crippen molar-refractivity contribution in [1.82, 2.24) is 10.3 Å². The third-order valence-corrected chi connectivity index (χ3v) is 2.20. The summed E-state index contributed by atoms with van der Waals surface area (Å²) in [6, 6.07) is 2.97. The number of carboxylic acids is 1. The molecule has 0 radical (unpaired) electrons. The summed E-state index contributed by atoms with van der Waals surface area (Å²) in [4.78, 5) is 25.5. The quantitative estimate of drug-likeness (QED) is 0.660. The second-order valence-electron chi connectivity index (χ2n) is 3.27. The van der Waals surface area contributed by atoms with Gasteiger partial charge in [-0.05, 0) is 12.1 Å². The second kappa shape index (κ2) is 6.17. The summed E-state index contributed by atoms with van der Waals surface area (Å²) >= 11 is 5.56. The maximum atomic E-state index is 11.5. The molecule has 1 aromatic heterocycles. The number of amides is 1. The molecule has 0 unspecified atom stereocenters. The molecule has 0 fully saturated rings. The van der Waals surface area contributed by atoms with Crippen molar-refractivity contribution < 1.29 is 19.8 Å². The first kappa shape index (κ1) is 13.4. The van der Waals surface area contributed by atoms with Gasteiger partial charge in [0.1, 0.15) is 5.15 Å². The lowest BCUT2D eigenvalue weighted by atomic mass is 10.2. The van der Waals surface area contributed by atoms with Crippen molar-refractivity contribution in [3.8, 4) is 0 Å². The predicted molar refractivity (Wildman–Crippen MR) is 59.8 cm³/mol. The van der Waals surface area contributed by atoms with E-state index < -0.39 is 18.0 Å². The van der Waals surface area contributed by atoms with Crippen molar-refractivity contribution in [1.29, 1.82) is 0 Å². The van der Waals surface area contributed by atoms with Gasteiger partial charge in [0, 0.05) is 19.2 Å². The lowest BCUT2D eigenvalue weighted by molar-refractivity contribution is -0.146. The second-order valence-corrected chi connectivity index (χ2v) is 3.66. The van der Waals surface area contributed by atoms with Gasteiger partial charge in [-0.2, -0.15) is 0 Å². The zero-order chi connectivity index (χ0) is 12.8. The van der Waals surface area contributed by atoms with E-state index in [0.717, 1.165) is 0 Å². The van der Waals surface area contributed by atoms with E-state index in [4.69, 9.17) is 21.8 Å². The Kier molecular flexibility index (Phi) is 4.86. The third kappa shape index (κ3) is 4.38.